The minimum Gasteiger partial charge on any atom is -0.337 e. The van der Waals surface area contributed by atoms with E-state index in [9.17, 15) is 9.59 Å². The number of imide groups is 1. The van der Waals surface area contributed by atoms with Crippen molar-refractivity contribution in [2.24, 2.45) is 0 Å². The Morgan fingerprint density at radius 2 is 1.88 bits per heavy atom. The lowest BCUT2D eigenvalue weighted by molar-refractivity contribution is -0.117. The third-order valence-corrected chi connectivity index (χ3v) is 5.72. The van der Waals surface area contributed by atoms with Gasteiger partial charge < -0.3 is 5.32 Å². The monoisotopic (exact) mass is 362 g/mol. The summed E-state index contributed by atoms with van der Waals surface area (Å²) in [5.74, 6) is -0.0590. The van der Waals surface area contributed by atoms with E-state index in [1.54, 1.807) is 11.3 Å². The maximum Gasteiger partial charge on any atom is 0.321 e. The highest BCUT2D eigenvalue weighted by Gasteiger charge is 2.10. The Kier molecular flexibility index (Phi) is 6.87. The molecule has 0 spiro atoms. The van der Waals surface area contributed by atoms with E-state index in [1.165, 1.54) is 22.2 Å². The average Bonchev–Trinajstić information content (AvgIpc) is 2.99. The minimum atomic E-state index is -0.436. The zero-order chi connectivity index (χ0) is 17.5. The summed E-state index contributed by atoms with van der Waals surface area (Å²) in [6, 6.07) is 7.78. The molecule has 0 aliphatic rings. The van der Waals surface area contributed by atoms with Crippen LogP contribution >= 0.6 is 23.1 Å². The van der Waals surface area contributed by atoms with Gasteiger partial charge in [0.1, 0.15) is 0 Å². The van der Waals surface area contributed by atoms with Crippen LogP contribution in [0.3, 0.4) is 0 Å². The van der Waals surface area contributed by atoms with Gasteiger partial charge >= 0.3 is 6.03 Å². The Balaban J connectivity index is 1.74. The van der Waals surface area contributed by atoms with Crippen LogP contribution in [0.4, 0.5) is 4.79 Å². The zero-order valence-corrected chi connectivity index (χ0v) is 15.8. The summed E-state index contributed by atoms with van der Waals surface area (Å²) in [5, 5.41) is 7.09. The number of carbonyl (C=O) groups is 2. The van der Waals surface area contributed by atoms with Gasteiger partial charge in [-0.05, 0) is 49.8 Å². The second kappa shape index (κ2) is 8.89. The predicted octanol–water partition coefficient (Wildman–Crippen LogP) is 3.83. The Hall–Kier alpha value is -1.79. The van der Waals surface area contributed by atoms with Gasteiger partial charge in [-0.2, -0.15) is 0 Å². The highest BCUT2D eigenvalue weighted by molar-refractivity contribution is 8.00. The van der Waals surface area contributed by atoms with E-state index in [1.807, 2.05) is 31.4 Å². The Bertz CT molecular complexity index is 689. The highest BCUT2D eigenvalue weighted by atomic mass is 32.2. The fourth-order valence-electron chi connectivity index (χ4n) is 2.49. The smallest absolute Gasteiger partial charge is 0.321 e. The molecule has 0 aliphatic carbocycles. The topological polar surface area (TPSA) is 58.2 Å². The van der Waals surface area contributed by atoms with Crippen LogP contribution in [0.1, 0.15) is 21.6 Å². The molecule has 0 aliphatic heterocycles. The lowest BCUT2D eigenvalue weighted by Crippen LogP contribution is -2.41. The second-order valence-electron chi connectivity index (χ2n) is 5.65. The molecule has 0 radical (unpaired) electrons. The quantitative estimate of drug-likeness (QED) is 0.768. The summed E-state index contributed by atoms with van der Waals surface area (Å²) < 4.78 is 0. The van der Waals surface area contributed by atoms with Crippen LogP contribution in [0.25, 0.3) is 0 Å². The SMILES string of the molecule is Cc1cc(C)c(SCC(=O)NC(=O)NCCc2cccs2)c(C)c1. The number of aryl methyl sites for hydroxylation is 3. The van der Waals surface area contributed by atoms with E-state index in [0.29, 0.717) is 6.54 Å². The van der Waals surface area contributed by atoms with Crippen molar-refractivity contribution in [2.75, 3.05) is 12.3 Å². The van der Waals surface area contributed by atoms with Crippen LogP contribution in [0.5, 0.6) is 0 Å². The number of amides is 3. The molecule has 0 saturated heterocycles. The van der Waals surface area contributed by atoms with Crippen LogP contribution in [-0.4, -0.2) is 24.2 Å². The Morgan fingerprint density at radius 1 is 1.17 bits per heavy atom. The molecule has 2 N–H and O–H groups in total. The summed E-state index contributed by atoms with van der Waals surface area (Å²) in [6.45, 7) is 6.65. The van der Waals surface area contributed by atoms with Gasteiger partial charge in [-0.1, -0.05) is 23.8 Å². The molecule has 0 saturated carbocycles. The molecule has 3 amide bonds. The molecule has 24 heavy (non-hydrogen) atoms. The average molecular weight is 363 g/mol. The molecule has 0 atom stereocenters. The molecular formula is C18H22N2O2S2. The minimum absolute atomic E-state index is 0.225. The van der Waals surface area contributed by atoms with Gasteiger partial charge in [0.25, 0.3) is 0 Å². The first kappa shape index (κ1) is 18.5. The fourth-order valence-corrected chi connectivity index (χ4v) is 4.12. The molecule has 128 valence electrons. The molecule has 1 heterocycles. The molecule has 2 rings (SSSR count). The molecule has 2 aromatic rings. The van der Waals surface area contributed by atoms with Gasteiger partial charge in [0.2, 0.25) is 5.91 Å². The second-order valence-corrected chi connectivity index (χ2v) is 7.67. The first-order valence-electron chi connectivity index (χ1n) is 7.76. The Morgan fingerprint density at radius 3 is 2.50 bits per heavy atom. The number of nitrogens with one attached hydrogen (secondary N) is 2. The van der Waals surface area contributed by atoms with E-state index in [-0.39, 0.29) is 11.7 Å². The van der Waals surface area contributed by atoms with Crippen molar-refractivity contribution < 1.29 is 9.59 Å². The number of thiophene rings is 1. The van der Waals surface area contributed by atoms with Crippen molar-refractivity contribution in [1.29, 1.82) is 0 Å². The van der Waals surface area contributed by atoms with Crippen molar-refractivity contribution in [3.05, 3.63) is 51.2 Å². The summed E-state index contributed by atoms with van der Waals surface area (Å²) in [5.41, 5.74) is 3.53. The van der Waals surface area contributed by atoms with Gasteiger partial charge in [0.05, 0.1) is 5.75 Å². The highest BCUT2D eigenvalue weighted by Crippen LogP contribution is 2.27. The molecule has 0 bridgehead atoms. The van der Waals surface area contributed by atoms with Gasteiger partial charge in [0.15, 0.2) is 0 Å². The number of urea groups is 1. The van der Waals surface area contributed by atoms with E-state index in [0.717, 1.165) is 22.4 Å². The number of thioether (sulfide) groups is 1. The summed E-state index contributed by atoms with van der Waals surface area (Å²) in [6.07, 6.45) is 0.774. The van der Waals surface area contributed by atoms with Crippen LogP contribution < -0.4 is 10.6 Å². The van der Waals surface area contributed by atoms with Crippen molar-refractivity contribution in [3.8, 4) is 0 Å². The molecule has 6 heteroatoms. The molecule has 0 fully saturated rings. The molecule has 1 aromatic heterocycles. The lowest BCUT2D eigenvalue weighted by atomic mass is 10.1. The van der Waals surface area contributed by atoms with Crippen molar-refractivity contribution >= 4 is 35.0 Å². The maximum absolute atomic E-state index is 11.9. The van der Waals surface area contributed by atoms with Crippen LogP contribution in [0.2, 0.25) is 0 Å². The molecular weight excluding hydrogens is 340 g/mol. The maximum atomic E-state index is 11.9. The van der Waals surface area contributed by atoms with E-state index >= 15 is 0 Å². The first-order chi connectivity index (χ1) is 11.5. The molecule has 4 nitrogen and oxygen atoms in total. The van der Waals surface area contributed by atoms with Crippen LogP contribution in [0.15, 0.2) is 34.5 Å². The number of benzene rings is 1. The number of hydrogen-bond donors (Lipinski definition) is 2. The molecule has 1 aromatic carbocycles. The number of carbonyl (C=O) groups excluding carboxylic acids is 2. The summed E-state index contributed by atoms with van der Waals surface area (Å²) in [4.78, 5) is 26.0. The van der Waals surface area contributed by atoms with E-state index in [4.69, 9.17) is 0 Å². The predicted molar refractivity (Wildman–Crippen MR) is 101 cm³/mol. The van der Waals surface area contributed by atoms with Gasteiger partial charge in [-0.3, -0.25) is 10.1 Å². The zero-order valence-electron chi connectivity index (χ0n) is 14.1. The van der Waals surface area contributed by atoms with Gasteiger partial charge in [-0.15, -0.1) is 23.1 Å². The standard InChI is InChI=1S/C18H22N2O2S2/c1-12-9-13(2)17(14(3)10-12)24-11-16(21)20-18(22)19-7-6-15-5-4-8-23-15/h4-5,8-10H,6-7,11H2,1-3H3,(H2,19,20,21,22). The lowest BCUT2D eigenvalue weighted by Gasteiger charge is -2.11. The van der Waals surface area contributed by atoms with Gasteiger partial charge in [0, 0.05) is 16.3 Å². The fraction of sp³-hybridized carbons (Fsp3) is 0.333. The van der Waals surface area contributed by atoms with E-state index < -0.39 is 6.03 Å². The van der Waals surface area contributed by atoms with Crippen LogP contribution in [-0.2, 0) is 11.2 Å². The number of rotatable bonds is 6. The van der Waals surface area contributed by atoms with Crippen molar-refractivity contribution in [2.45, 2.75) is 32.1 Å². The normalized spacial score (nSPS) is 10.5. The third kappa shape index (κ3) is 5.69. The van der Waals surface area contributed by atoms with Crippen molar-refractivity contribution in [1.82, 2.24) is 10.6 Å². The summed E-state index contributed by atoms with van der Waals surface area (Å²) in [7, 11) is 0. The Labute approximate surface area is 151 Å². The first-order valence-corrected chi connectivity index (χ1v) is 9.63. The van der Waals surface area contributed by atoms with Gasteiger partial charge in [-0.25, -0.2) is 4.79 Å². The third-order valence-electron chi connectivity index (χ3n) is 3.44. The largest absolute Gasteiger partial charge is 0.337 e. The molecule has 0 unspecified atom stereocenters. The summed E-state index contributed by atoms with van der Waals surface area (Å²) >= 11 is 3.12. The van der Waals surface area contributed by atoms with E-state index in [2.05, 4.69) is 29.7 Å². The van der Waals surface area contributed by atoms with Crippen molar-refractivity contribution in [3.63, 3.8) is 0 Å². The van der Waals surface area contributed by atoms with Crippen LogP contribution in [0, 0.1) is 20.8 Å². The number of hydrogen-bond acceptors (Lipinski definition) is 4.